The molecule has 21 heavy (non-hydrogen) atoms. The van der Waals surface area contributed by atoms with E-state index in [2.05, 4.69) is 4.98 Å². The Labute approximate surface area is 125 Å². The summed E-state index contributed by atoms with van der Waals surface area (Å²) in [7, 11) is -1.56. The van der Waals surface area contributed by atoms with E-state index in [1.54, 1.807) is 25.1 Å². The van der Waals surface area contributed by atoms with Crippen molar-refractivity contribution in [2.45, 2.75) is 13.3 Å². The number of likely N-dealkylation sites (N-methyl/N-ethyl adjacent to an activating group) is 1. The van der Waals surface area contributed by atoms with Crippen LogP contribution < -0.4 is 0 Å². The molecule has 1 amide bonds. The van der Waals surface area contributed by atoms with E-state index in [0.29, 0.717) is 19.5 Å². The predicted octanol–water partition coefficient (Wildman–Crippen LogP) is 0.364. The Bertz CT molecular complexity index is 589. The van der Waals surface area contributed by atoms with Gasteiger partial charge in [0.25, 0.3) is 0 Å². The van der Waals surface area contributed by atoms with Crippen LogP contribution in [0.1, 0.15) is 12.6 Å². The fourth-order valence-electron chi connectivity index (χ4n) is 2.46. The zero-order valence-corrected chi connectivity index (χ0v) is 13.2. The number of hydrogen-bond acceptors (Lipinski definition) is 4. The molecule has 0 saturated carbocycles. The van der Waals surface area contributed by atoms with Gasteiger partial charge in [0, 0.05) is 45.0 Å². The average Bonchev–Trinajstić information content (AvgIpc) is 2.62. The molecule has 6 nitrogen and oxygen atoms in total. The van der Waals surface area contributed by atoms with E-state index in [0.717, 1.165) is 5.69 Å². The number of carbonyl (C=O) groups is 1. The van der Waals surface area contributed by atoms with Gasteiger partial charge < -0.3 is 4.90 Å². The number of hydrogen-bond donors (Lipinski definition) is 0. The van der Waals surface area contributed by atoms with Gasteiger partial charge in [0.2, 0.25) is 15.9 Å². The van der Waals surface area contributed by atoms with Crippen LogP contribution in [0.2, 0.25) is 0 Å². The highest BCUT2D eigenvalue weighted by Gasteiger charge is 2.33. The van der Waals surface area contributed by atoms with E-state index in [-0.39, 0.29) is 24.1 Å². The topological polar surface area (TPSA) is 70.6 Å². The van der Waals surface area contributed by atoms with E-state index < -0.39 is 10.0 Å². The zero-order chi connectivity index (χ0) is 15.5. The van der Waals surface area contributed by atoms with Crippen molar-refractivity contribution >= 4 is 15.9 Å². The van der Waals surface area contributed by atoms with E-state index in [1.165, 1.54) is 4.31 Å². The molecule has 1 unspecified atom stereocenters. The second kappa shape index (κ2) is 6.53. The SMILES string of the molecule is CCS(=O)(=O)N1CCN(C)C(=O)C(Cc2ccccn2)C1. The first-order valence-electron chi connectivity index (χ1n) is 7.06. The summed E-state index contributed by atoms with van der Waals surface area (Å²) in [5, 5.41) is 0. The summed E-state index contributed by atoms with van der Waals surface area (Å²) in [5.41, 5.74) is 0.806. The van der Waals surface area contributed by atoms with Crippen LogP contribution in [0, 0.1) is 5.92 Å². The van der Waals surface area contributed by atoms with Gasteiger partial charge in [-0.05, 0) is 19.1 Å². The fourth-order valence-corrected chi connectivity index (χ4v) is 3.59. The summed E-state index contributed by atoms with van der Waals surface area (Å²) in [5.74, 6) is -0.343. The highest BCUT2D eigenvalue weighted by molar-refractivity contribution is 7.89. The summed E-state index contributed by atoms with van der Waals surface area (Å²) in [4.78, 5) is 18.2. The Morgan fingerprint density at radius 1 is 1.33 bits per heavy atom. The van der Waals surface area contributed by atoms with Crippen LogP contribution >= 0.6 is 0 Å². The van der Waals surface area contributed by atoms with Crippen molar-refractivity contribution in [2.24, 2.45) is 5.92 Å². The van der Waals surface area contributed by atoms with Crippen LogP contribution in [-0.2, 0) is 21.2 Å². The maximum atomic E-state index is 12.4. The molecule has 0 aromatic carbocycles. The summed E-state index contributed by atoms with van der Waals surface area (Å²) in [6.45, 7) is 2.64. The molecule has 1 aliphatic heterocycles. The molecule has 2 heterocycles. The highest BCUT2D eigenvalue weighted by Crippen LogP contribution is 2.17. The largest absolute Gasteiger partial charge is 0.344 e. The number of nitrogens with zero attached hydrogens (tertiary/aromatic N) is 3. The lowest BCUT2D eigenvalue weighted by molar-refractivity contribution is -0.133. The van der Waals surface area contributed by atoms with Crippen LogP contribution in [0.5, 0.6) is 0 Å². The number of carbonyl (C=O) groups excluding carboxylic acids is 1. The molecule has 1 aromatic heterocycles. The Morgan fingerprint density at radius 3 is 2.71 bits per heavy atom. The molecule has 1 atom stereocenters. The molecule has 0 aliphatic carbocycles. The van der Waals surface area contributed by atoms with Gasteiger partial charge in [-0.15, -0.1) is 0 Å². The minimum absolute atomic E-state index is 0.0190. The second-order valence-corrected chi connectivity index (χ2v) is 7.50. The van der Waals surface area contributed by atoms with E-state index in [1.807, 2.05) is 18.2 Å². The second-order valence-electron chi connectivity index (χ2n) is 5.24. The van der Waals surface area contributed by atoms with Crippen molar-refractivity contribution in [1.82, 2.24) is 14.2 Å². The normalized spacial score (nSPS) is 21.3. The Kier molecular flexibility index (Phi) is 4.95. The van der Waals surface area contributed by atoms with Crippen LogP contribution in [0.4, 0.5) is 0 Å². The third kappa shape index (κ3) is 3.79. The molecule has 1 aliphatic rings. The fraction of sp³-hybridized carbons (Fsp3) is 0.571. The Morgan fingerprint density at radius 2 is 2.10 bits per heavy atom. The van der Waals surface area contributed by atoms with Gasteiger partial charge in [0.1, 0.15) is 0 Å². The van der Waals surface area contributed by atoms with Crippen LogP contribution in [0.15, 0.2) is 24.4 Å². The molecule has 0 radical (unpaired) electrons. The number of sulfonamides is 1. The lowest BCUT2D eigenvalue weighted by Gasteiger charge is -2.21. The van der Waals surface area contributed by atoms with Crippen molar-refractivity contribution in [3.63, 3.8) is 0 Å². The van der Waals surface area contributed by atoms with E-state index in [4.69, 9.17) is 0 Å². The lowest BCUT2D eigenvalue weighted by atomic mass is 10.0. The molecule has 0 bridgehead atoms. The molecule has 1 fully saturated rings. The van der Waals surface area contributed by atoms with Crippen molar-refractivity contribution < 1.29 is 13.2 Å². The molecule has 7 heteroatoms. The first-order valence-corrected chi connectivity index (χ1v) is 8.67. The summed E-state index contributed by atoms with van der Waals surface area (Å²) < 4.78 is 25.6. The van der Waals surface area contributed by atoms with Crippen LogP contribution in [0.25, 0.3) is 0 Å². The van der Waals surface area contributed by atoms with Gasteiger partial charge in [0.05, 0.1) is 11.7 Å². The predicted molar refractivity (Wildman–Crippen MR) is 80.1 cm³/mol. The Hall–Kier alpha value is -1.47. The van der Waals surface area contributed by atoms with Gasteiger partial charge in [-0.3, -0.25) is 9.78 Å². The molecule has 1 aromatic rings. The summed E-state index contributed by atoms with van der Waals surface area (Å²) in [6, 6.07) is 5.54. The molecule has 116 valence electrons. The molecule has 0 N–H and O–H groups in total. The van der Waals surface area contributed by atoms with Gasteiger partial charge in [0.15, 0.2) is 0 Å². The van der Waals surface area contributed by atoms with Crippen molar-refractivity contribution in [1.29, 1.82) is 0 Å². The summed E-state index contributed by atoms with van der Waals surface area (Å²) in [6.07, 6.45) is 2.14. The minimum atomic E-state index is -3.28. The zero-order valence-electron chi connectivity index (χ0n) is 12.4. The molecular formula is C14H21N3O3S. The lowest BCUT2D eigenvalue weighted by Crippen LogP contribution is -2.38. The maximum absolute atomic E-state index is 12.4. The van der Waals surface area contributed by atoms with Crippen molar-refractivity contribution in [2.75, 3.05) is 32.4 Å². The first kappa shape index (κ1) is 15.9. The van der Waals surface area contributed by atoms with Crippen molar-refractivity contribution in [3.05, 3.63) is 30.1 Å². The highest BCUT2D eigenvalue weighted by atomic mass is 32.2. The monoisotopic (exact) mass is 311 g/mol. The average molecular weight is 311 g/mol. The number of rotatable bonds is 4. The number of pyridine rings is 1. The molecule has 1 saturated heterocycles. The van der Waals surface area contributed by atoms with Gasteiger partial charge in [-0.2, -0.15) is 4.31 Å². The summed E-state index contributed by atoms with van der Waals surface area (Å²) >= 11 is 0. The van der Waals surface area contributed by atoms with Crippen molar-refractivity contribution in [3.8, 4) is 0 Å². The number of aromatic nitrogens is 1. The third-order valence-electron chi connectivity index (χ3n) is 3.77. The quantitative estimate of drug-likeness (QED) is 0.805. The number of amides is 1. The Balaban J connectivity index is 2.21. The molecule has 2 rings (SSSR count). The van der Waals surface area contributed by atoms with E-state index in [9.17, 15) is 13.2 Å². The molecule has 0 spiro atoms. The minimum Gasteiger partial charge on any atom is -0.344 e. The maximum Gasteiger partial charge on any atom is 0.227 e. The third-order valence-corrected chi connectivity index (χ3v) is 5.62. The van der Waals surface area contributed by atoms with Gasteiger partial charge >= 0.3 is 0 Å². The molecular weight excluding hydrogens is 290 g/mol. The first-order chi connectivity index (χ1) is 9.94. The van der Waals surface area contributed by atoms with Gasteiger partial charge in [-0.25, -0.2) is 8.42 Å². The van der Waals surface area contributed by atoms with Crippen LogP contribution in [0.3, 0.4) is 0 Å². The standard InChI is InChI=1S/C14H21N3O3S/c1-3-21(19,20)17-9-8-16(2)14(18)12(11-17)10-13-6-4-5-7-15-13/h4-7,12H,3,8-11H2,1-2H3. The van der Waals surface area contributed by atoms with E-state index >= 15 is 0 Å². The van der Waals surface area contributed by atoms with Gasteiger partial charge in [-0.1, -0.05) is 6.07 Å². The van der Waals surface area contributed by atoms with Crippen LogP contribution in [-0.4, -0.2) is 60.9 Å². The smallest absolute Gasteiger partial charge is 0.227 e.